The largest absolute Gasteiger partial charge is 0.469 e. The van der Waals surface area contributed by atoms with Crippen LogP contribution in [0.3, 0.4) is 0 Å². The van der Waals surface area contributed by atoms with Crippen molar-refractivity contribution in [2.45, 2.75) is 19.8 Å². The van der Waals surface area contributed by atoms with E-state index < -0.39 is 0 Å². The van der Waals surface area contributed by atoms with Crippen LogP contribution in [-0.2, 0) is 12.8 Å². The number of furan rings is 1. The maximum atomic E-state index is 5.42. The normalized spacial score (nSPS) is 10.9. The molecule has 0 radical (unpaired) electrons. The van der Waals surface area contributed by atoms with E-state index in [9.17, 15) is 0 Å². The van der Waals surface area contributed by atoms with Crippen LogP contribution in [0.1, 0.15) is 23.9 Å². The molecular formula is C16H15NO. The van der Waals surface area contributed by atoms with Crippen molar-refractivity contribution in [2.75, 3.05) is 0 Å². The fraction of sp³-hybridized carbons (Fsp3) is 0.188. The van der Waals surface area contributed by atoms with E-state index in [0.717, 1.165) is 24.3 Å². The molecule has 0 aliphatic heterocycles. The summed E-state index contributed by atoms with van der Waals surface area (Å²) in [6.45, 7) is 2.14. The summed E-state index contributed by atoms with van der Waals surface area (Å²) in [6, 6.07) is 12.4. The standard InChI is InChI=1S/C16H15NO/c1-2-16-15-8-4-3-7-14(15)12(11-17-16)10-13-6-5-9-18-13/h3-9,11H,2,10H2,1H3. The Kier molecular flexibility index (Phi) is 2.85. The molecule has 0 saturated heterocycles. The predicted molar refractivity (Wildman–Crippen MR) is 72.6 cm³/mol. The van der Waals surface area contributed by atoms with Gasteiger partial charge < -0.3 is 4.42 Å². The number of aromatic nitrogens is 1. The highest BCUT2D eigenvalue weighted by molar-refractivity contribution is 5.87. The zero-order chi connectivity index (χ0) is 12.4. The van der Waals surface area contributed by atoms with Gasteiger partial charge in [-0.3, -0.25) is 4.98 Å². The second-order valence-corrected chi connectivity index (χ2v) is 4.39. The Balaban J connectivity index is 2.13. The second kappa shape index (κ2) is 4.65. The van der Waals surface area contributed by atoms with E-state index in [1.54, 1.807) is 6.26 Å². The third-order valence-corrected chi connectivity index (χ3v) is 3.24. The van der Waals surface area contributed by atoms with Gasteiger partial charge in [0.1, 0.15) is 5.76 Å². The number of benzene rings is 1. The predicted octanol–water partition coefficient (Wildman–Crippen LogP) is 3.98. The lowest BCUT2D eigenvalue weighted by Crippen LogP contribution is -1.95. The van der Waals surface area contributed by atoms with Crippen molar-refractivity contribution in [3.63, 3.8) is 0 Å². The van der Waals surface area contributed by atoms with Gasteiger partial charge in [-0.2, -0.15) is 0 Å². The van der Waals surface area contributed by atoms with Crippen molar-refractivity contribution in [1.82, 2.24) is 4.98 Å². The zero-order valence-electron chi connectivity index (χ0n) is 10.4. The third kappa shape index (κ3) is 1.90. The number of aryl methyl sites for hydroxylation is 1. The van der Waals surface area contributed by atoms with Gasteiger partial charge in [-0.25, -0.2) is 0 Å². The van der Waals surface area contributed by atoms with Gasteiger partial charge in [0.25, 0.3) is 0 Å². The number of rotatable bonds is 3. The highest BCUT2D eigenvalue weighted by Gasteiger charge is 2.07. The van der Waals surface area contributed by atoms with E-state index in [0.29, 0.717) is 0 Å². The molecule has 18 heavy (non-hydrogen) atoms. The molecule has 0 atom stereocenters. The fourth-order valence-corrected chi connectivity index (χ4v) is 2.33. The van der Waals surface area contributed by atoms with E-state index in [4.69, 9.17) is 4.42 Å². The summed E-state index contributed by atoms with van der Waals surface area (Å²) in [4.78, 5) is 4.56. The van der Waals surface area contributed by atoms with Crippen molar-refractivity contribution >= 4 is 10.8 Å². The van der Waals surface area contributed by atoms with Crippen LogP contribution in [0, 0.1) is 0 Å². The van der Waals surface area contributed by atoms with E-state index in [-0.39, 0.29) is 0 Å². The summed E-state index contributed by atoms with van der Waals surface area (Å²) in [5.74, 6) is 0.978. The average Bonchev–Trinajstić information content (AvgIpc) is 2.92. The summed E-state index contributed by atoms with van der Waals surface area (Å²) in [5, 5.41) is 2.53. The molecule has 3 aromatic rings. The Morgan fingerprint density at radius 2 is 1.89 bits per heavy atom. The maximum Gasteiger partial charge on any atom is 0.108 e. The first-order valence-corrected chi connectivity index (χ1v) is 6.26. The van der Waals surface area contributed by atoms with Crippen molar-refractivity contribution in [3.05, 3.63) is 65.9 Å². The molecule has 0 saturated carbocycles. The van der Waals surface area contributed by atoms with Crippen LogP contribution >= 0.6 is 0 Å². The van der Waals surface area contributed by atoms with Crippen LogP contribution in [-0.4, -0.2) is 4.98 Å². The Bertz CT molecular complexity index is 656. The lowest BCUT2D eigenvalue weighted by molar-refractivity contribution is 0.521. The average molecular weight is 237 g/mol. The molecule has 0 N–H and O–H groups in total. The van der Waals surface area contributed by atoms with Crippen molar-refractivity contribution < 1.29 is 4.42 Å². The molecule has 2 aromatic heterocycles. The summed E-state index contributed by atoms with van der Waals surface area (Å²) in [7, 11) is 0. The minimum atomic E-state index is 0.796. The molecule has 90 valence electrons. The van der Waals surface area contributed by atoms with E-state index in [1.165, 1.54) is 16.3 Å². The molecular weight excluding hydrogens is 222 g/mol. The van der Waals surface area contributed by atoms with Crippen LogP contribution < -0.4 is 0 Å². The Hall–Kier alpha value is -2.09. The summed E-state index contributed by atoms with van der Waals surface area (Å²) in [6.07, 6.45) is 5.45. The molecule has 0 amide bonds. The highest BCUT2D eigenvalue weighted by Crippen LogP contribution is 2.23. The van der Waals surface area contributed by atoms with Gasteiger partial charge in [0.2, 0.25) is 0 Å². The van der Waals surface area contributed by atoms with Crippen LogP contribution in [0.25, 0.3) is 10.8 Å². The maximum absolute atomic E-state index is 5.42. The van der Waals surface area contributed by atoms with Gasteiger partial charge in [-0.1, -0.05) is 31.2 Å². The van der Waals surface area contributed by atoms with Crippen molar-refractivity contribution in [3.8, 4) is 0 Å². The van der Waals surface area contributed by atoms with Gasteiger partial charge in [-0.15, -0.1) is 0 Å². The lowest BCUT2D eigenvalue weighted by atomic mass is 10.0. The SMILES string of the molecule is CCc1ncc(Cc2ccco2)c2ccccc12. The molecule has 0 aliphatic rings. The minimum Gasteiger partial charge on any atom is -0.469 e. The fourth-order valence-electron chi connectivity index (χ4n) is 2.33. The Morgan fingerprint density at radius 3 is 2.61 bits per heavy atom. The molecule has 2 heterocycles. The van der Waals surface area contributed by atoms with Crippen LogP contribution in [0.15, 0.2) is 53.3 Å². The van der Waals surface area contributed by atoms with Crippen molar-refractivity contribution in [1.29, 1.82) is 0 Å². The van der Waals surface area contributed by atoms with Crippen LogP contribution in [0.5, 0.6) is 0 Å². The molecule has 0 spiro atoms. The van der Waals surface area contributed by atoms with Gasteiger partial charge in [0.15, 0.2) is 0 Å². The van der Waals surface area contributed by atoms with Crippen LogP contribution in [0.2, 0.25) is 0 Å². The highest BCUT2D eigenvalue weighted by atomic mass is 16.3. The summed E-state index contributed by atoms with van der Waals surface area (Å²) < 4.78 is 5.42. The van der Waals surface area contributed by atoms with E-state index in [2.05, 4.69) is 36.2 Å². The minimum absolute atomic E-state index is 0.796. The van der Waals surface area contributed by atoms with Crippen molar-refractivity contribution in [2.24, 2.45) is 0 Å². The first-order valence-electron chi connectivity index (χ1n) is 6.26. The molecule has 0 fully saturated rings. The second-order valence-electron chi connectivity index (χ2n) is 4.39. The first-order chi connectivity index (χ1) is 8.88. The third-order valence-electron chi connectivity index (χ3n) is 3.24. The summed E-state index contributed by atoms with van der Waals surface area (Å²) in [5.41, 5.74) is 2.38. The number of nitrogens with zero attached hydrogens (tertiary/aromatic N) is 1. The monoisotopic (exact) mass is 237 g/mol. The molecule has 0 unspecified atom stereocenters. The summed E-state index contributed by atoms with van der Waals surface area (Å²) >= 11 is 0. The van der Waals surface area contributed by atoms with E-state index >= 15 is 0 Å². The van der Waals surface area contributed by atoms with E-state index in [1.807, 2.05) is 18.3 Å². The van der Waals surface area contributed by atoms with Gasteiger partial charge in [-0.05, 0) is 29.5 Å². The molecule has 2 nitrogen and oxygen atoms in total. The topological polar surface area (TPSA) is 26.0 Å². The first kappa shape index (κ1) is 11.0. The molecule has 2 heteroatoms. The molecule has 1 aromatic carbocycles. The molecule has 0 bridgehead atoms. The van der Waals surface area contributed by atoms with Gasteiger partial charge in [0.05, 0.1) is 6.26 Å². The Morgan fingerprint density at radius 1 is 1.06 bits per heavy atom. The lowest BCUT2D eigenvalue weighted by Gasteiger charge is -2.08. The smallest absolute Gasteiger partial charge is 0.108 e. The van der Waals surface area contributed by atoms with Gasteiger partial charge in [0, 0.05) is 23.7 Å². The van der Waals surface area contributed by atoms with Gasteiger partial charge >= 0.3 is 0 Å². The number of hydrogen-bond donors (Lipinski definition) is 0. The number of hydrogen-bond acceptors (Lipinski definition) is 2. The Labute approximate surface area is 106 Å². The molecule has 3 rings (SSSR count). The zero-order valence-corrected chi connectivity index (χ0v) is 10.4. The quantitative estimate of drug-likeness (QED) is 0.688. The number of fused-ring (bicyclic) bond motifs is 1. The molecule has 0 aliphatic carbocycles. The number of pyridine rings is 1. The van der Waals surface area contributed by atoms with Crippen LogP contribution in [0.4, 0.5) is 0 Å².